The van der Waals surface area contributed by atoms with E-state index in [9.17, 15) is 0 Å². The van der Waals surface area contributed by atoms with Gasteiger partial charge in [-0.3, -0.25) is 4.98 Å². The van der Waals surface area contributed by atoms with E-state index in [4.69, 9.17) is 0 Å². The molecule has 0 saturated carbocycles. The van der Waals surface area contributed by atoms with E-state index in [-0.39, 0.29) is 0 Å². The lowest BCUT2D eigenvalue weighted by Crippen LogP contribution is -2.37. The number of nitrogens with one attached hydrogen (secondary N) is 1. The molecule has 2 unspecified atom stereocenters. The van der Waals surface area contributed by atoms with Crippen LogP contribution in [-0.2, 0) is 0 Å². The first-order valence-corrected chi connectivity index (χ1v) is 7.13. The molecule has 1 saturated heterocycles. The molecule has 0 bridgehead atoms. The molecule has 17 heavy (non-hydrogen) atoms. The number of nitrogens with zero attached hydrogens (tertiary/aromatic N) is 1. The third kappa shape index (κ3) is 2.45. The Labute approximate surface area is 111 Å². The number of piperidine rings is 1. The molecule has 0 spiro atoms. The molecule has 0 amide bonds. The van der Waals surface area contributed by atoms with Crippen molar-refractivity contribution in [2.75, 3.05) is 13.1 Å². The maximum absolute atomic E-state index is 4.26. The first-order valence-electron chi connectivity index (χ1n) is 6.33. The van der Waals surface area contributed by atoms with E-state index < -0.39 is 0 Å². The summed E-state index contributed by atoms with van der Waals surface area (Å²) in [5, 5.41) is 3.52. The molecule has 1 aliphatic carbocycles. The van der Waals surface area contributed by atoms with Gasteiger partial charge >= 0.3 is 0 Å². The van der Waals surface area contributed by atoms with Crippen molar-refractivity contribution in [1.29, 1.82) is 0 Å². The molecular formula is C14H17BrN2. The minimum atomic E-state index is 0.822. The average Bonchev–Trinajstić information content (AvgIpc) is 2.38. The van der Waals surface area contributed by atoms with Gasteiger partial charge in [-0.05, 0) is 77.3 Å². The molecule has 2 heterocycles. The van der Waals surface area contributed by atoms with Gasteiger partial charge in [-0.1, -0.05) is 6.08 Å². The number of pyridine rings is 1. The van der Waals surface area contributed by atoms with Crippen LogP contribution in [0.1, 0.15) is 24.8 Å². The molecule has 1 aromatic heterocycles. The van der Waals surface area contributed by atoms with Crippen molar-refractivity contribution in [1.82, 2.24) is 10.3 Å². The Bertz CT molecular complexity index is 442. The molecule has 0 aromatic carbocycles. The molecular weight excluding hydrogens is 276 g/mol. The summed E-state index contributed by atoms with van der Waals surface area (Å²) in [6.45, 7) is 2.38. The second-order valence-corrected chi connectivity index (χ2v) is 5.99. The maximum Gasteiger partial charge on any atom is 0.0410 e. The number of aromatic nitrogens is 1. The fraction of sp³-hybridized carbons (Fsp3) is 0.500. The van der Waals surface area contributed by atoms with Crippen LogP contribution >= 0.6 is 15.9 Å². The van der Waals surface area contributed by atoms with E-state index in [1.165, 1.54) is 43.5 Å². The smallest absolute Gasteiger partial charge is 0.0410 e. The lowest BCUT2D eigenvalue weighted by molar-refractivity contribution is 0.252. The summed E-state index contributed by atoms with van der Waals surface area (Å²) in [7, 11) is 0. The topological polar surface area (TPSA) is 24.9 Å². The summed E-state index contributed by atoms with van der Waals surface area (Å²) in [5.74, 6) is 1.72. The van der Waals surface area contributed by atoms with Crippen LogP contribution in [0.3, 0.4) is 0 Å². The Morgan fingerprint density at radius 2 is 2.24 bits per heavy atom. The Kier molecular flexibility index (Phi) is 3.30. The Morgan fingerprint density at radius 1 is 1.29 bits per heavy atom. The van der Waals surface area contributed by atoms with E-state index in [1.54, 1.807) is 0 Å². The number of allylic oxidation sites excluding steroid dienone is 2. The standard InChI is InChI=1S/C14H17BrN2/c15-14-6-13(8-17-9-14)11-2-1-10-3-4-16-7-12(10)5-11/h2,6,8-10,12,16H,1,3-5,7H2. The number of halogens is 1. The lowest BCUT2D eigenvalue weighted by Gasteiger charge is -2.35. The predicted octanol–water partition coefficient (Wildman–Crippen LogP) is 3.25. The fourth-order valence-electron chi connectivity index (χ4n) is 3.01. The first kappa shape index (κ1) is 11.4. The highest BCUT2D eigenvalue weighted by molar-refractivity contribution is 9.10. The van der Waals surface area contributed by atoms with Gasteiger partial charge < -0.3 is 5.32 Å². The van der Waals surface area contributed by atoms with Gasteiger partial charge in [0.25, 0.3) is 0 Å². The van der Waals surface area contributed by atoms with Gasteiger partial charge in [-0.2, -0.15) is 0 Å². The van der Waals surface area contributed by atoms with E-state index in [1.807, 2.05) is 12.4 Å². The quantitative estimate of drug-likeness (QED) is 0.859. The molecule has 0 radical (unpaired) electrons. The van der Waals surface area contributed by atoms with E-state index in [0.29, 0.717) is 0 Å². The zero-order valence-corrected chi connectivity index (χ0v) is 11.4. The molecule has 3 rings (SSSR count). The van der Waals surface area contributed by atoms with Crippen molar-refractivity contribution in [3.8, 4) is 0 Å². The van der Waals surface area contributed by atoms with E-state index in [0.717, 1.165) is 16.3 Å². The lowest BCUT2D eigenvalue weighted by atomic mass is 9.75. The zero-order chi connectivity index (χ0) is 11.7. The first-order chi connectivity index (χ1) is 8.33. The van der Waals surface area contributed by atoms with Crippen molar-refractivity contribution < 1.29 is 0 Å². The molecule has 2 nitrogen and oxygen atoms in total. The number of fused-ring (bicyclic) bond motifs is 1. The SMILES string of the molecule is Brc1cncc(C2=CCC3CCNCC3C2)c1. The summed E-state index contributed by atoms with van der Waals surface area (Å²) >= 11 is 3.50. The van der Waals surface area contributed by atoms with Crippen LogP contribution in [0.4, 0.5) is 0 Å². The third-order valence-electron chi connectivity index (χ3n) is 3.99. The van der Waals surface area contributed by atoms with Crippen LogP contribution in [0, 0.1) is 11.8 Å². The molecule has 2 atom stereocenters. The van der Waals surface area contributed by atoms with Crippen molar-refractivity contribution in [2.24, 2.45) is 11.8 Å². The Morgan fingerprint density at radius 3 is 3.12 bits per heavy atom. The van der Waals surface area contributed by atoms with Crippen LogP contribution in [0.15, 0.2) is 29.0 Å². The minimum absolute atomic E-state index is 0.822. The van der Waals surface area contributed by atoms with Gasteiger partial charge in [0.05, 0.1) is 0 Å². The van der Waals surface area contributed by atoms with E-state index >= 15 is 0 Å². The Hall–Kier alpha value is -0.670. The van der Waals surface area contributed by atoms with Gasteiger partial charge in [0.15, 0.2) is 0 Å². The highest BCUT2D eigenvalue weighted by Gasteiger charge is 2.28. The molecule has 1 fully saturated rings. The Balaban J connectivity index is 1.82. The van der Waals surface area contributed by atoms with Crippen molar-refractivity contribution in [3.63, 3.8) is 0 Å². The molecule has 90 valence electrons. The van der Waals surface area contributed by atoms with Gasteiger partial charge in [-0.15, -0.1) is 0 Å². The number of hydrogen-bond donors (Lipinski definition) is 1. The van der Waals surface area contributed by atoms with Crippen LogP contribution < -0.4 is 5.32 Å². The molecule has 1 aromatic rings. The van der Waals surface area contributed by atoms with Crippen LogP contribution in [0.25, 0.3) is 5.57 Å². The van der Waals surface area contributed by atoms with Crippen LogP contribution in [0.5, 0.6) is 0 Å². The largest absolute Gasteiger partial charge is 0.316 e. The van der Waals surface area contributed by atoms with Crippen molar-refractivity contribution >= 4 is 21.5 Å². The molecule has 1 N–H and O–H groups in total. The molecule has 2 aliphatic rings. The number of rotatable bonds is 1. The minimum Gasteiger partial charge on any atom is -0.316 e. The third-order valence-corrected chi connectivity index (χ3v) is 4.42. The van der Waals surface area contributed by atoms with Gasteiger partial charge in [0.2, 0.25) is 0 Å². The molecule has 1 aliphatic heterocycles. The van der Waals surface area contributed by atoms with Crippen LogP contribution in [0.2, 0.25) is 0 Å². The average molecular weight is 293 g/mol. The van der Waals surface area contributed by atoms with Gasteiger partial charge in [0.1, 0.15) is 0 Å². The molecule has 3 heteroatoms. The summed E-state index contributed by atoms with van der Waals surface area (Å²) in [4.78, 5) is 4.26. The fourth-order valence-corrected chi connectivity index (χ4v) is 3.37. The summed E-state index contributed by atoms with van der Waals surface area (Å²) in [6, 6.07) is 2.18. The maximum atomic E-state index is 4.26. The second-order valence-electron chi connectivity index (χ2n) is 5.07. The number of hydrogen-bond acceptors (Lipinski definition) is 2. The monoisotopic (exact) mass is 292 g/mol. The normalized spacial score (nSPS) is 28.4. The summed E-state index contributed by atoms with van der Waals surface area (Å²) < 4.78 is 1.07. The van der Waals surface area contributed by atoms with Crippen molar-refractivity contribution in [3.05, 3.63) is 34.6 Å². The zero-order valence-electron chi connectivity index (χ0n) is 9.82. The predicted molar refractivity (Wildman–Crippen MR) is 73.6 cm³/mol. The summed E-state index contributed by atoms with van der Waals surface area (Å²) in [5.41, 5.74) is 2.76. The highest BCUT2D eigenvalue weighted by atomic mass is 79.9. The second kappa shape index (κ2) is 4.91. The van der Waals surface area contributed by atoms with Gasteiger partial charge in [0, 0.05) is 16.9 Å². The van der Waals surface area contributed by atoms with E-state index in [2.05, 4.69) is 38.4 Å². The van der Waals surface area contributed by atoms with Crippen LogP contribution in [-0.4, -0.2) is 18.1 Å². The highest BCUT2D eigenvalue weighted by Crippen LogP contribution is 2.37. The van der Waals surface area contributed by atoms with Gasteiger partial charge in [-0.25, -0.2) is 0 Å². The summed E-state index contributed by atoms with van der Waals surface area (Å²) in [6.07, 6.45) is 10.0. The van der Waals surface area contributed by atoms with Crippen molar-refractivity contribution in [2.45, 2.75) is 19.3 Å².